The molecular weight excluding hydrogens is 300 g/mol. The molecule has 0 unspecified atom stereocenters. The van der Waals surface area contributed by atoms with Crippen molar-refractivity contribution in [3.05, 3.63) is 84.4 Å². The van der Waals surface area contributed by atoms with Crippen LogP contribution < -0.4 is 15.4 Å². The van der Waals surface area contributed by atoms with E-state index in [0.717, 1.165) is 22.8 Å². The fourth-order valence-electron chi connectivity index (χ4n) is 2.27. The fourth-order valence-corrected chi connectivity index (χ4v) is 2.27. The van der Waals surface area contributed by atoms with E-state index in [2.05, 4.69) is 10.6 Å². The molecule has 4 nitrogen and oxygen atoms in total. The topological polar surface area (TPSA) is 50.4 Å². The summed E-state index contributed by atoms with van der Waals surface area (Å²) in [5.41, 5.74) is 3.30. The molecule has 1 amide bonds. The minimum Gasteiger partial charge on any atom is -0.497 e. The second-order valence-corrected chi connectivity index (χ2v) is 5.25. The number of carbonyl (C=O) groups excluding carboxylic acids is 1. The van der Waals surface area contributed by atoms with Crippen LogP contribution in [0.15, 0.2) is 78.9 Å². The third-order valence-corrected chi connectivity index (χ3v) is 3.56. The van der Waals surface area contributed by atoms with Crippen LogP contribution in [0.1, 0.15) is 10.4 Å². The van der Waals surface area contributed by atoms with Crippen LogP contribution in [-0.4, -0.2) is 13.0 Å². The SMILES string of the molecule is COc1ccc(Nc2ccc(NC(=O)c3ccccc3)cc2)cc1. The van der Waals surface area contributed by atoms with E-state index < -0.39 is 0 Å². The highest BCUT2D eigenvalue weighted by molar-refractivity contribution is 6.04. The Morgan fingerprint density at radius 2 is 1.29 bits per heavy atom. The quantitative estimate of drug-likeness (QED) is 0.717. The van der Waals surface area contributed by atoms with Gasteiger partial charge in [0, 0.05) is 22.6 Å². The minimum atomic E-state index is -0.119. The van der Waals surface area contributed by atoms with Gasteiger partial charge in [-0.15, -0.1) is 0 Å². The Balaban J connectivity index is 1.63. The molecule has 0 aliphatic heterocycles. The number of rotatable bonds is 5. The first-order valence-electron chi connectivity index (χ1n) is 7.62. The first kappa shape index (κ1) is 15.6. The van der Waals surface area contributed by atoms with Gasteiger partial charge in [-0.3, -0.25) is 4.79 Å². The summed E-state index contributed by atoms with van der Waals surface area (Å²) in [5.74, 6) is 0.700. The van der Waals surface area contributed by atoms with Crippen LogP contribution in [-0.2, 0) is 0 Å². The van der Waals surface area contributed by atoms with Gasteiger partial charge in [0.25, 0.3) is 5.91 Å². The normalized spacial score (nSPS) is 10.0. The zero-order chi connectivity index (χ0) is 16.8. The highest BCUT2D eigenvalue weighted by Gasteiger charge is 2.05. The van der Waals surface area contributed by atoms with E-state index in [4.69, 9.17) is 4.74 Å². The minimum absolute atomic E-state index is 0.119. The van der Waals surface area contributed by atoms with Gasteiger partial charge in [0.05, 0.1) is 7.11 Å². The molecule has 0 heterocycles. The zero-order valence-electron chi connectivity index (χ0n) is 13.3. The Labute approximate surface area is 141 Å². The van der Waals surface area contributed by atoms with E-state index in [1.54, 1.807) is 19.2 Å². The van der Waals surface area contributed by atoms with E-state index in [1.165, 1.54) is 0 Å². The first-order valence-corrected chi connectivity index (χ1v) is 7.62. The summed E-state index contributed by atoms with van der Waals surface area (Å²) in [6, 6.07) is 24.4. The van der Waals surface area contributed by atoms with Crippen molar-refractivity contribution in [3.63, 3.8) is 0 Å². The van der Waals surface area contributed by atoms with Gasteiger partial charge in [-0.05, 0) is 60.7 Å². The maximum Gasteiger partial charge on any atom is 0.255 e. The summed E-state index contributed by atoms with van der Waals surface area (Å²) in [5, 5.41) is 6.18. The van der Waals surface area contributed by atoms with Crippen LogP contribution in [0.4, 0.5) is 17.1 Å². The highest BCUT2D eigenvalue weighted by atomic mass is 16.5. The lowest BCUT2D eigenvalue weighted by Crippen LogP contribution is -2.11. The van der Waals surface area contributed by atoms with Crippen LogP contribution in [0, 0.1) is 0 Å². The van der Waals surface area contributed by atoms with Crippen LogP contribution in [0.5, 0.6) is 5.75 Å². The zero-order valence-corrected chi connectivity index (χ0v) is 13.3. The Morgan fingerprint density at radius 1 is 0.750 bits per heavy atom. The summed E-state index contributed by atoms with van der Waals surface area (Å²) in [7, 11) is 1.64. The molecular formula is C20H18N2O2. The summed E-state index contributed by atoms with van der Waals surface area (Å²) < 4.78 is 5.14. The third-order valence-electron chi connectivity index (χ3n) is 3.56. The number of hydrogen-bond donors (Lipinski definition) is 2. The molecule has 0 spiro atoms. The maximum absolute atomic E-state index is 12.1. The van der Waals surface area contributed by atoms with E-state index >= 15 is 0 Å². The predicted molar refractivity (Wildman–Crippen MR) is 97.1 cm³/mol. The molecule has 2 N–H and O–H groups in total. The Morgan fingerprint density at radius 3 is 1.88 bits per heavy atom. The number of ether oxygens (including phenoxy) is 1. The van der Waals surface area contributed by atoms with Crippen molar-refractivity contribution in [2.24, 2.45) is 0 Å². The van der Waals surface area contributed by atoms with Crippen molar-refractivity contribution >= 4 is 23.0 Å². The van der Waals surface area contributed by atoms with E-state index in [9.17, 15) is 4.79 Å². The van der Waals surface area contributed by atoms with Crippen LogP contribution in [0.2, 0.25) is 0 Å². The summed E-state index contributed by atoms with van der Waals surface area (Å²) >= 11 is 0. The number of methoxy groups -OCH3 is 1. The predicted octanol–water partition coefficient (Wildman–Crippen LogP) is 4.69. The second kappa shape index (κ2) is 7.33. The number of benzene rings is 3. The summed E-state index contributed by atoms with van der Waals surface area (Å²) in [6.07, 6.45) is 0. The van der Waals surface area contributed by atoms with Gasteiger partial charge in [-0.25, -0.2) is 0 Å². The molecule has 0 saturated carbocycles. The molecule has 0 bridgehead atoms. The highest BCUT2D eigenvalue weighted by Crippen LogP contribution is 2.21. The van der Waals surface area contributed by atoms with Crippen molar-refractivity contribution in [2.75, 3.05) is 17.7 Å². The lowest BCUT2D eigenvalue weighted by atomic mass is 10.2. The van der Waals surface area contributed by atoms with Crippen LogP contribution in [0.25, 0.3) is 0 Å². The Hall–Kier alpha value is -3.27. The van der Waals surface area contributed by atoms with Gasteiger partial charge in [-0.2, -0.15) is 0 Å². The first-order chi connectivity index (χ1) is 11.7. The molecule has 120 valence electrons. The largest absolute Gasteiger partial charge is 0.497 e. The maximum atomic E-state index is 12.1. The molecule has 3 rings (SSSR count). The number of hydrogen-bond acceptors (Lipinski definition) is 3. The van der Waals surface area contributed by atoms with Crippen molar-refractivity contribution < 1.29 is 9.53 Å². The standard InChI is InChI=1S/C20H18N2O2/c1-24-19-13-11-17(12-14-19)21-16-7-9-18(10-8-16)22-20(23)15-5-3-2-4-6-15/h2-14,21H,1H3,(H,22,23). The molecule has 0 fully saturated rings. The van der Waals surface area contributed by atoms with Crippen molar-refractivity contribution in [2.45, 2.75) is 0 Å². The molecule has 0 saturated heterocycles. The van der Waals surface area contributed by atoms with Gasteiger partial charge in [0.15, 0.2) is 0 Å². The number of carbonyl (C=O) groups is 1. The van der Waals surface area contributed by atoms with Crippen LogP contribution in [0.3, 0.4) is 0 Å². The van der Waals surface area contributed by atoms with Crippen LogP contribution >= 0.6 is 0 Å². The molecule has 3 aromatic carbocycles. The van der Waals surface area contributed by atoms with E-state index in [-0.39, 0.29) is 5.91 Å². The summed E-state index contributed by atoms with van der Waals surface area (Å²) in [6.45, 7) is 0. The third kappa shape index (κ3) is 3.93. The Bertz CT molecular complexity index is 797. The average molecular weight is 318 g/mol. The van der Waals surface area contributed by atoms with Gasteiger partial charge in [0.1, 0.15) is 5.75 Å². The molecule has 0 radical (unpaired) electrons. The lowest BCUT2D eigenvalue weighted by Gasteiger charge is -2.09. The molecule has 0 aliphatic carbocycles. The molecule has 4 heteroatoms. The van der Waals surface area contributed by atoms with E-state index in [0.29, 0.717) is 5.56 Å². The summed E-state index contributed by atoms with van der Waals surface area (Å²) in [4.78, 5) is 12.1. The molecule has 24 heavy (non-hydrogen) atoms. The van der Waals surface area contributed by atoms with Gasteiger partial charge in [0.2, 0.25) is 0 Å². The Kier molecular flexibility index (Phi) is 4.77. The molecule has 3 aromatic rings. The van der Waals surface area contributed by atoms with Crippen molar-refractivity contribution in [1.82, 2.24) is 0 Å². The molecule has 0 aromatic heterocycles. The van der Waals surface area contributed by atoms with Gasteiger partial charge < -0.3 is 15.4 Å². The second-order valence-electron chi connectivity index (χ2n) is 5.25. The van der Waals surface area contributed by atoms with Crippen molar-refractivity contribution in [3.8, 4) is 5.75 Å². The smallest absolute Gasteiger partial charge is 0.255 e. The average Bonchev–Trinajstić information content (AvgIpc) is 2.65. The van der Waals surface area contributed by atoms with Crippen molar-refractivity contribution in [1.29, 1.82) is 0 Å². The fraction of sp³-hybridized carbons (Fsp3) is 0.0500. The molecule has 0 atom stereocenters. The lowest BCUT2D eigenvalue weighted by molar-refractivity contribution is 0.102. The van der Waals surface area contributed by atoms with Gasteiger partial charge in [-0.1, -0.05) is 18.2 Å². The van der Waals surface area contributed by atoms with E-state index in [1.807, 2.05) is 66.7 Å². The number of amides is 1. The number of anilines is 3. The number of nitrogens with one attached hydrogen (secondary N) is 2. The molecule has 0 aliphatic rings. The van der Waals surface area contributed by atoms with Gasteiger partial charge >= 0.3 is 0 Å². The monoisotopic (exact) mass is 318 g/mol.